The van der Waals surface area contributed by atoms with Gasteiger partial charge in [-0.05, 0) is 12.8 Å². The van der Waals surface area contributed by atoms with Crippen molar-refractivity contribution in [2.75, 3.05) is 19.8 Å². The summed E-state index contributed by atoms with van der Waals surface area (Å²) in [7, 11) is 0. The van der Waals surface area contributed by atoms with Gasteiger partial charge in [0.25, 0.3) is 0 Å². The summed E-state index contributed by atoms with van der Waals surface area (Å²) in [5.74, 6) is -1.11. The van der Waals surface area contributed by atoms with Crippen LogP contribution >= 0.6 is 0 Å². The van der Waals surface area contributed by atoms with Crippen LogP contribution in [-0.4, -0.2) is 64.3 Å². The van der Waals surface area contributed by atoms with Crippen LogP contribution in [-0.2, 0) is 4.79 Å². The summed E-state index contributed by atoms with van der Waals surface area (Å²) in [6.45, 7) is -0.247. The highest BCUT2D eigenvalue weighted by molar-refractivity contribution is 5.74. The summed E-state index contributed by atoms with van der Waals surface area (Å²) in [6.07, 6.45) is 0.0212. The third-order valence-corrected chi connectivity index (χ3v) is 1.75. The van der Waals surface area contributed by atoms with E-state index in [1.54, 1.807) is 0 Å². The highest BCUT2D eigenvalue weighted by Gasteiger charge is 2.09. The van der Waals surface area contributed by atoms with Crippen molar-refractivity contribution < 1.29 is 25.2 Å². The van der Waals surface area contributed by atoms with Crippen LogP contribution in [0.1, 0.15) is 12.8 Å². The van der Waals surface area contributed by atoms with E-state index in [1.165, 1.54) is 0 Å². The zero-order valence-electron chi connectivity index (χ0n) is 10.0. The van der Waals surface area contributed by atoms with Gasteiger partial charge in [0, 0.05) is 6.54 Å². The Balaban J connectivity index is 0. The SMILES string of the molecule is N=C(N)NCCC[C@H](N)C(=O)O.OCC(O)CO. The molecule has 0 rings (SSSR count). The molecule has 0 aliphatic heterocycles. The van der Waals surface area contributed by atoms with Crippen molar-refractivity contribution in [2.24, 2.45) is 11.5 Å². The van der Waals surface area contributed by atoms with Crippen molar-refractivity contribution in [3.63, 3.8) is 0 Å². The molecule has 10 N–H and O–H groups in total. The van der Waals surface area contributed by atoms with Crippen LogP contribution in [0.15, 0.2) is 0 Å². The maximum Gasteiger partial charge on any atom is 0.320 e. The molecule has 0 fully saturated rings. The molecular weight excluding hydrogens is 244 g/mol. The van der Waals surface area contributed by atoms with Crippen LogP contribution in [0.4, 0.5) is 0 Å². The Hall–Kier alpha value is -1.42. The zero-order chi connectivity index (χ0) is 14.6. The largest absolute Gasteiger partial charge is 0.480 e. The molecule has 0 unspecified atom stereocenters. The number of carboxylic acids is 1. The smallest absolute Gasteiger partial charge is 0.320 e. The Morgan fingerprint density at radius 1 is 1.33 bits per heavy atom. The Labute approximate surface area is 105 Å². The van der Waals surface area contributed by atoms with E-state index in [1.807, 2.05) is 0 Å². The van der Waals surface area contributed by atoms with E-state index in [0.717, 1.165) is 0 Å². The summed E-state index contributed by atoms with van der Waals surface area (Å²) in [5.41, 5.74) is 10.2. The van der Waals surface area contributed by atoms with Gasteiger partial charge in [-0.1, -0.05) is 0 Å². The Morgan fingerprint density at radius 2 is 1.83 bits per heavy atom. The topological polar surface area (TPSA) is 186 Å². The van der Waals surface area contributed by atoms with Crippen LogP contribution in [0.5, 0.6) is 0 Å². The number of guanidine groups is 1. The van der Waals surface area contributed by atoms with E-state index in [-0.39, 0.29) is 19.2 Å². The monoisotopic (exact) mass is 266 g/mol. The Kier molecular flexibility index (Phi) is 12.7. The maximum atomic E-state index is 10.2. The molecule has 0 aromatic rings. The molecule has 9 heteroatoms. The number of hydrogen-bond acceptors (Lipinski definition) is 6. The molecule has 0 bridgehead atoms. The van der Waals surface area contributed by atoms with Gasteiger partial charge in [0.15, 0.2) is 5.96 Å². The second-order valence-corrected chi connectivity index (χ2v) is 3.45. The van der Waals surface area contributed by atoms with Crippen LogP contribution in [0.25, 0.3) is 0 Å². The summed E-state index contributed by atoms with van der Waals surface area (Å²) in [6, 6.07) is -0.821. The number of nitrogens with one attached hydrogen (secondary N) is 2. The van der Waals surface area contributed by atoms with Crippen molar-refractivity contribution in [2.45, 2.75) is 25.0 Å². The lowest BCUT2D eigenvalue weighted by Crippen LogP contribution is -2.34. The molecule has 0 aromatic carbocycles. The first-order valence-electron chi connectivity index (χ1n) is 5.31. The summed E-state index contributed by atoms with van der Waals surface area (Å²) < 4.78 is 0. The van der Waals surface area contributed by atoms with Crippen LogP contribution in [0, 0.1) is 5.41 Å². The standard InChI is InChI=1S/C6H14N4O2.C3H8O3/c7-4(5(11)12)2-1-3-10-6(8)9;4-1-3(6)2-5/h4H,1-3,7H2,(H,11,12)(H4,8,9,10);3-6H,1-2H2/t4-;/m0./s1. The van der Waals surface area contributed by atoms with Crippen molar-refractivity contribution >= 4 is 11.9 Å². The van der Waals surface area contributed by atoms with Gasteiger partial charge in [0.05, 0.1) is 13.2 Å². The fourth-order valence-corrected chi connectivity index (χ4v) is 0.726. The van der Waals surface area contributed by atoms with E-state index in [2.05, 4.69) is 5.32 Å². The van der Waals surface area contributed by atoms with Crippen molar-refractivity contribution in [3.05, 3.63) is 0 Å². The highest BCUT2D eigenvalue weighted by Crippen LogP contribution is 1.92. The number of nitrogens with two attached hydrogens (primary N) is 2. The quantitative estimate of drug-likeness (QED) is 0.136. The minimum atomic E-state index is -1.00. The van der Waals surface area contributed by atoms with E-state index < -0.39 is 18.1 Å². The number of carbonyl (C=O) groups is 1. The molecule has 108 valence electrons. The first-order valence-corrected chi connectivity index (χ1v) is 5.31. The van der Waals surface area contributed by atoms with Gasteiger partial charge in [0.2, 0.25) is 0 Å². The number of hydrogen-bond donors (Lipinski definition) is 8. The molecule has 0 saturated heterocycles. The lowest BCUT2D eigenvalue weighted by molar-refractivity contribution is -0.138. The molecule has 1 atom stereocenters. The molecule has 0 aromatic heterocycles. The predicted octanol–water partition coefficient (Wildman–Crippen LogP) is -3.01. The van der Waals surface area contributed by atoms with Crippen molar-refractivity contribution in [1.82, 2.24) is 5.32 Å². The number of aliphatic hydroxyl groups is 3. The summed E-state index contributed by atoms with van der Waals surface area (Å²) in [4.78, 5) is 10.2. The lowest BCUT2D eigenvalue weighted by Gasteiger charge is -2.06. The van der Waals surface area contributed by atoms with Crippen LogP contribution in [0.3, 0.4) is 0 Å². The average molecular weight is 266 g/mol. The zero-order valence-corrected chi connectivity index (χ0v) is 10.0. The van der Waals surface area contributed by atoms with Gasteiger partial charge in [-0.15, -0.1) is 0 Å². The number of aliphatic carboxylic acids is 1. The van der Waals surface area contributed by atoms with Crippen molar-refractivity contribution in [3.8, 4) is 0 Å². The number of rotatable bonds is 7. The fourth-order valence-electron chi connectivity index (χ4n) is 0.726. The second-order valence-electron chi connectivity index (χ2n) is 3.45. The van der Waals surface area contributed by atoms with Gasteiger partial charge in [-0.25, -0.2) is 0 Å². The minimum absolute atomic E-state index is 0.112. The lowest BCUT2D eigenvalue weighted by atomic mass is 10.2. The molecular formula is C9H22N4O5. The van der Waals surface area contributed by atoms with Gasteiger partial charge < -0.3 is 37.2 Å². The molecule has 0 amide bonds. The molecule has 0 aliphatic carbocycles. The Morgan fingerprint density at radius 3 is 2.11 bits per heavy atom. The third-order valence-electron chi connectivity index (χ3n) is 1.75. The first-order chi connectivity index (χ1) is 8.34. The molecule has 0 aliphatic rings. The summed E-state index contributed by atoms with van der Waals surface area (Å²) >= 11 is 0. The highest BCUT2D eigenvalue weighted by atomic mass is 16.4. The number of aliphatic hydroxyl groups excluding tert-OH is 3. The second kappa shape index (κ2) is 12.0. The van der Waals surface area contributed by atoms with Gasteiger partial charge >= 0.3 is 5.97 Å². The molecule has 0 spiro atoms. The van der Waals surface area contributed by atoms with E-state index in [0.29, 0.717) is 19.4 Å². The molecule has 0 radical (unpaired) electrons. The minimum Gasteiger partial charge on any atom is -0.480 e. The van der Waals surface area contributed by atoms with E-state index >= 15 is 0 Å². The molecule has 0 heterocycles. The molecule has 0 saturated carbocycles. The van der Waals surface area contributed by atoms with Crippen LogP contribution in [0.2, 0.25) is 0 Å². The van der Waals surface area contributed by atoms with Gasteiger partial charge in [-0.3, -0.25) is 10.2 Å². The van der Waals surface area contributed by atoms with E-state index in [9.17, 15) is 4.79 Å². The molecule has 18 heavy (non-hydrogen) atoms. The number of carboxylic acid groups (broad SMARTS) is 1. The normalized spacial score (nSPS) is 11.4. The van der Waals surface area contributed by atoms with Gasteiger partial charge in [-0.2, -0.15) is 0 Å². The summed E-state index contributed by atoms with van der Waals surface area (Å²) in [5, 5.41) is 41.7. The first kappa shape index (κ1) is 18.9. The average Bonchev–Trinajstić information content (AvgIpc) is 2.33. The predicted molar refractivity (Wildman–Crippen MR) is 64.9 cm³/mol. The van der Waals surface area contributed by atoms with Gasteiger partial charge in [0.1, 0.15) is 12.1 Å². The van der Waals surface area contributed by atoms with E-state index in [4.69, 9.17) is 37.3 Å². The Bertz CT molecular complexity index is 235. The maximum absolute atomic E-state index is 10.2. The fraction of sp³-hybridized carbons (Fsp3) is 0.778. The van der Waals surface area contributed by atoms with Crippen LogP contribution < -0.4 is 16.8 Å². The molecule has 9 nitrogen and oxygen atoms in total. The van der Waals surface area contributed by atoms with Crippen molar-refractivity contribution in [1.29, 1.82) is 5.41 Å². The third kappa shape index (κ3) is 14.6.